The number of rotatable bonds is 4. The van der Waals surface area contributed by atoms with Gasteiger partial charge in [0, 0.05) is 0 Å². The number of carbonyl (C=O) groups is 2. The van der Waals surface area contributed by atoms with Gasteiger partial charge in [-0.25, -0.2) is 0 Å². The van der Waals surface area contributed by atoms with Crippen LogP contribution >= 0.6 is 0 Å². The minimum absolute atomic E-state index is 0.419. The normalized spacial score (nSPS) is 15.2. The first kappa shape index (κ1) is 10.1. The Morgan fingerprint density at radius 2 is 2.36 bits per heavy atom. The summed E-state index contributed by atoms with van der Waals surface area (Å²) in [4.78, 5) is 20.8. The van der Waals surface area contributed by atoms with Gasteiger partial charge < -0.3 is 21.0 Å². The minimum atomic E-state index is -0.947. The number of aliphatic hydroxyl groups excluding tert-OH is 1. The van der Waals surface area contributed by atoms with E-state index in [4.69, 9.17) is 10.8 Å². The summed E-state index contributed by atoms with van der Waals surface area (Å²) < 4.78 is 0. The quantitative estimate of drug-likeness (QED) is 0.415. The van der Waals surface area contributed by atoms with Crippen LogP contribution in [0.1, 0.15) is 6.92 Å². The summed E-state index contributed by atoms with van der Waals surface area (Å²) in [5.41, 5.74) is 5.14. The molecule has 1 amide bonds. The highest BCUT2D eigenvalue weighted by molar-refractivity contribution is 5.84. The standard InChI is InChI=1S/C6H12N2O3/c1-4(2-9)8-6(11)5(7)3-10/h2,4-5,10H,3,7H2,1H3,(H,8,11)/t4-,5-/m0/s1. The lowest BCUT2D eigenvalue weighted by atomic mass is 10.3. The van der Waals surface area contributed by atoms with E-state index in [0.29, 0.717) is 6.29 Å². The molecule has 64 valence electrons. The van der Waals surface area contributed by atoms with E-state index in [1.807, 2.05) is 0 Å². The third-order valence-electron chi connectivity index (χ3n) is 1.11. The van der Waals surface area contributed by atoms with E-state index in [-0.39, 0.29) is 0 Å². The van der Waals surface area contributed by atoms with Gasteiger partial charge in [-0.2, -0.15) is 0 Å². The highest BCUT2D eigenvalue weighted by Gasteiger charge is 2.13. The van der Waals surface area contributed by atoms with Crippen LogP contribution in [0, 0.1) is 0 Å². The van der Waals surface area contributed by atoms with Crippen LogP contribution in [0.25, 0.3) is 0 Å². The van der Waals surface area contributed by atoms with Crippen molar-refractivity contribution < 1.29 is 14.7 Å². The van der Waals surface area contributed by atoms with Crippen LogP contribution in [0.15, 0.2) is 0 Å². The van der Waals surface area contributed by atoms with E-state index in [1.165, 1.54) is 6.92 Å². The van der Waals surface area contributed by atoms with Gasteiger partial charge in [0.1, 0.15) is 12.3 Å². The summed E-state index contributed by atoms with van der Waals surface area (Å²) in [6, 6.07) is -1.50. The predicted octanol–water partition coefficient (Wildman–Crippen LogP) is -1.99. The van der Waals surface area contributed by atoms with Crippen molar-refractivity contribution in [3.8, 4) is 0 Å². The van der Waals surface area contributed by atoms with E-state index in [0.717, 1.165) is 0 Å². The van der Waals surface area contributed by atoms with Crippen molar-refractivity contribution >= 4 is 12.2 Å². The molecule has 4 N–H and O–H groups in total. The largest absolute Gasteiger partial charge is 0.394 e. The molecule has 0 aliphatic rings. The number of aldehydes is 1. The van der Waals surface area contributed by atoms with Gasteiger partial charge in [-0.15, -0.1) is 0 Å². The van der Waals surface area contributed by atoms with Gasteiger partial charge in [-0.3, -0.25) is 4.79 Å². The van der Waals surface area contributed by atoms with Crippen LogP contribution in [0.2, 0.25) is 0 Å². The molecule has 0 spiro atoms. The summed E-state index contributed by atoms with van der Waals surface area (Å²) in [5.74, 6) is -0.521. The molecule has 2 atom stereocenters. The van der Waals surface area contributed by atoms with Gasteiger partial charge in [0.05, 0.1) is 12.6 Å². The molecule has 0 aromatic carbocycles. The second kappa shape index (κ2) is 4.81. The van der Waals surface area contributed by atoms with Crippen molar-refractivity contribution in [1.82, 2.24) is 5.32 Å². The van der Waals surface area contributed by atoms with E-state index in [1.54, 1.807) is 0 Å². The van der Waals surface area contributed by atoms with Crippen LogP contribution in [-0.2, 0) is 9.59 Å². The Labute approximate surface area is 64.6 Å². The predicted molar refractivity (Wildman–Crippen MR) is 38.7 cm³/mol. The average molecular weight is 160 g/mol. The topological polar surface area (TPSA) is 92.4 Å². The molecule has 0 rings (SSSR count). The Bertz CT molecular complexity index is 149. The maximum atomic E-state index is 10.8. The molecule has 0 aromatic rings. The summed E-state index contributed by atoms with van der Waals surface area (Å²) in [5, 5.41) is 10.7. The maximum absolute atomic E-state index is 10.8. The summed E-state index contributed by atoms with van der Waals surface area (Å²) in [7, 11) is 0. The van der Waals surface area contributed by atoms with E-state index in [2.05, 4.69) is 5.32 Å². The fourth-order valence-electron chi connectivity index (χ4n) is 0.448. The monoisotopic (exact) mass is 160 g/mol. The van der Waals surface area contributed by atoms with Gasteiger partial charge >= 0.3 is 0 Å². The third-order valence-corrected chi connectivity index (χ3v) is 1.11. The lowest BCUT2D eigenvalue weighted by Crippen LogP contribution is -2.46. The van der Waals surface area contributed by atoms with E-state index < -0.39 is 24.6 Å². The van der Waals surface area contributed by atoms with Crippen molar-refractivity contribution in [3.63, 3.8) is 0 Å². The summed E-state index contributed by atoms with van der Waals surface area (Å²) in [6.07, 6.45) is 0.585. The molecule has 0 saturated heterocycles. The molecule has 5 nitrogen and oxygen atoms in total. The van der Waals surface area contributed by atoms with Crippen molar-refractivity contribution in [2.24, 2.45) is 5.73 Å². The van der Waals surface area contributed by atoms with Crippen molar-refractivity contribution in [2.45, 2.75) is 19.0 Å². The smallest absolute Gasteiger partial charge is 0.239 e. The van der Waals surface area contributed by atoms with Crippen LogP contribution in [0.3, 0.4) is 0 Å². The third kappa shape index (κ3) is 3.69. The fourth-order valence-corrected chi connectivity index (χ4v) is 0.448. The zero-order valence-corrected chi connectivity index (χ0v) is 6.28. The first-order valence-corrected chi connectivity index (χ1v) is 3.24. The fraction of sp³-hybridized carbons (Fsp3) is 0.667. The van der Waals surface area contributed by atoms with E-state index >= 15 is 0 Å². The minimum Gasteiger partial charge on any atom is -0.394 e. The number of amides is 1. The van der Waals surface area contributed by atoms with Crippen LogP contribution < -0.4 is 11.1 Å². The van der Waals surface area contributed by atoms with Gasteiger partial charge in [0.2, 0.25) is 5.91 Å². The Balaban J connectivity index is 3.76. The van der Waals surface area contributed by atoms with Crippen LogP contribution in [-0.4, -0.2) is 36.0 Å². The Morgan fingerprint density at radius 1 is 1.82 bits per heavy atom. The molecule has 0 aromatic heterocycles. The van der Waals surface area contributed by atoms with Crippen molar-refractivity contribution in [1.29, 1.82) is 0 Å². The lowest BCUT2D eigenvalue weighted by Gasteiger charge is -2.10. The summed E-state index contributed by atoms with van der Waals surface area (Å²) >= 11 is 0. The molecule has 0 fully saturated rings. The number of nitrogens with two attached hydrogens (primary N) is 1. The molecular weight excluding hydrogens is 148 g/mol. The van der Waals surface area contributed by atoms with Gasteiger partial charge in [-0.05, 0) is 6.92 Å². The zero-order valence-electron chi connectivity index (χ0n) is 6.28. The highest BCUT2D eigenvalue weighted by atomic mass is 16.3. The molecule has 0 bridgehead atoms. The van der Waals surface area contributed by atoms with Gasteiger partial charge in [-0.1, -0.05) is 0 Å². The summed E-state index contributed by atoms with van der Waals surface area (Å²) in [6.45, 7) is 1.10. The van der Waals surface area contributed by atoms with Crippen LogP contribution in [0.4, 0.5) is 0 Å². The number of hydrogen-bond donors (Lipinski definition) is 3. The lowest BCUT2D eigenvalue weighted by molar-refractivity contribution is -0.125. The molecule has 0 aliphatic carbocycles. The molecule has 0 saturated carbocycles. The highest BCUT2D eigenvalue weighted by Crippen LogP contribution is 1.79. The first-order valence-electron chi connectivity index (χ1n) is 3.24. The molecule has 11 heavy (non-hydrogen) atoms. The second-order valence-electron chi connectivity index (χ2n) is 2.22. The Kier molecular flexibility index (Phi) is 4.40. The van der Waals surface area contributed by atoms with Crippen molar-refractivity contribution in [3.05, 3.63) is 0 Å². The molecular formula is C6H12N2O3. The zero-order chi connectivity index (χ0) is 8.85. The number of carbonyl (C=O) groups excluding carboxylic acids is 2. The molecule has 0 unspecified atom stereocenters. The molecule has 0 heterocycles. The second-order valence-corrected chi connectivity index (χ2v) is 2.22. The number of nitrogens with one attached hydrogen (secondary N) is 1. The Morgan fingerprint density at radius 3 is 2.73 bits per heavy atom. The molecule has 5 heteroatoms. The number of aliphatic hydroxyl groups is 1. The molecule has 0 aliphatic heterocycles. The van der Waals surface area contributed by atoms with Gasteiger partial charge in [0.15, 0.2) is 0 Å². The maximum Gasteiger partial charge on any atom is 0.239 e. The SMILES string of the molecule is C[C@@H](C=O)NC(=O)[C@@H](N)CO. The molecule has 0 radical (unpaired) electrons. The Hall–Kier alpha value is -0.940. The number of hydrogen-bond acceptors (Lipinski definition) is 4. The van der Waals surface area contributed by atoms with E-state index in [9.17, 15) is 9.59 Å². The van der Waals surface area contributed by atoms with Gasteiger partial charge in [0.25, 0.3) is 0 Å². The first-order chi connectivity index (χ1) is 5.11. The van der Waals surface area contributed by atoms with Crippen molar-refractivity contribution in [2.75, 3.05) is 6.61 Å². The van der Waals surface area contributed by atoms with Crippen LogP contribution in [0.5, 0.6) is 0 Å². The average Bonchev–Trinajstić information content (AvgIpc) is 2.02.